The lowest BCUT2D eigenvalue weighted by Crippen LogP contribution is -2.15. The van der Waals surface area contributed by atoms with Crippen LogP contribution in [0.5, 0.6) is 0 Å². The zero-order valence-corrected chi connectivity index (χ0v) is 16.9. The molecule has 6 nitrogen and oxygen atoms in total. The summed E-state index contributed by atoms with van der Waals surface area (Å²) in [6.07, 6.45) is -4.68. The number of hydrogen-bond acceptors (Lipinski definition) is 6. The summed E-state index contributed by atoms with van der Waals surface area (Å²) in [5, 5.41) is 12.5. The van der Waals surface area contributed by atoms with Gasteiger partial charge in [0.1, 0.15) is 5.82 Å². The van der Waals surface area contributed by atoms with Crippen LogP contribution in [0.25, 0.3) is 11.4 Å². The molecule has 2 aromatic heterocycles. The van der Waals surface area contributed by atoms with Crippen molar-refractivity contribution in [3.05, 3.63) is 82.1 Å². The van der Waals surface area contributed by atoms with Crippen molar-refractivity contribution in [2.75, 3.05) is 10.6 Å². The predicted molar refractivity (Wildman–Crippen MR) is 111 cm³/mol. The normalized spacial score (nSPS) is 11.4. The highest BCUT2D eigenvalue weighted by atomic mass is 32.1. The lowest BCUT2D eigenvalue weighted by Gasteiger charge is -2.16. The Bertz CT molecular complexity index is 1220. The molecule has 0 atom stereocenters. The van der Waals surface area contributed by atoms with Crippen LogP contribution in [-0.4, -0.2) is 16.0 Å². The summed E-state index contributed by atoms with van der Waals surface area (Å²) in [6.45, 7) is -0.124. The van der Waals surface area contributed by atoms with E-state index >= 15 is 0 Å². The Kier molecular flexibility index (Phi) is 5.91. The van der Waals surface area contributed by atoms with E-state index in [-0.39, 0.29) is 29.4 Å². The maximum Gasteiger partial charge on any atom is 0.418 e. The van der Waals surface area contributed by atoms with Gasteiger partial charge in [-0.25, -0.2) is 4.39 Å². The van der Waals surface area contributed by atoms with Crippen LogP contribution in [0.1, 0.15) is 21.8 Å². The largest absolute Gasteiger partial charge is 0.418 e. The number of hydrogen-bond donors (Lipinski definition) is 2. The standard InChI is InChI=1S/C21H14F4N4O2S/c22-14-3-1-12(2-4-14)20(30)27-15-5-6-17(16(9-15)21(23,24)25)26-10-18-28-19(29-31-18)13-7-8-32-11-13/h1-9,11,26H,10H2,(H,27,30). The van der Waals surface area contributed by atoms with Crippen LogP contribution in [0.3, 0.4) is 0 Å². The number of benzene rings is 2. The van der Waals surface area contributed by atoms with Crippen molar-refractivity contribution in [2.24, 2.45) is 0 Å². The molecule has 0 unspecified atom stereocenters. The Morgan fingerprint density at radius 2 is 1.88 bits per heavy atom. The number of halogens is 4. The van der Waals surface area contributed by atoms with Crippen LogP contribution in [0, 0.1) is 5.82 Å². The maximum atomic E-state index is 13.6. The van der Waals surface area contributed by atoms with Gasteiger partial charge in [0.05, 0.1) is 12.1 Å². The van der Waals surface area contributed by atoms with Crippen LogP contribution >= 0.6 is 11.3 Å². The zero-order valence-electron chi connectivity index (χ0n) is 16.1. The Hall–Kier alpha value is -3.73. The second-order valence-corrected chi connectivity index (χ2v) is 7.38. The second kappa shape index (κ2) is 8.79. The van der Waals surface area contributed by atoms with Gasteiger partial charge in [0.25, 0.3) is 5.91 Å². The minimum absolute atomic E-state index is 0.0604. The van der Waals surface area contributed by atoms with Crippen LogP contribution in [0.15, 0.2) is 63.8 Å². The minimum Gasteiger partial charge on any atom is -0.376 e. The molecule has 0 aliphatic rings. The molecule has 0 saturated carbocycles. The van der Waals surface area contributed by atoms with Gasteiger partial charge in [-0.15, -0.1) is 0 Å². The van der Waals surface area contributed by atoms with Gasteiger partial charge in [-0.2, -0.15) is 29.5 Å². The molecular weight excluding hydrogens is 448 g/mol. The first-order valence-electron chi connectivity index (χ1n) is 9.17. The van der Waals surface area contributed by atoms with Crippen molar-refractivity contribution >= 4 is 28.6 Å². The average molecular weight is 462 g/mol. The number of nitrogens with zero attached hydrogens (tertiary/aromatic N) is 2. The van der Waals surface area contributed by atoms with Crippen LogP contribution in [-0.2, 0) is 12.7 Å². The van der Waals surface area contributed by atoms with E-state index in [1.54, 1.807) is 6.07 Å². The molecule has 0 radical (unpaired) electrons. The van der Waals surface area contributed by atoms with Gasteiger partial charge in [-0.05, 0) is 53.9 Å². The summed E-state index contributed by atoms with van der Waals surface area (Å²) < 4.78 is 58.9. The van der Waals surface area contributed by atoms with E-state index in [0.717, 1.165) is 23.8 Å². The summed E-state index contributed by atoms with van der Waals surface area (Å²) in [7, 11) is 0. The van der Waals surface area contributed by atoms with Crippen molar-refractivity contribution in [1.82, 2.24) is 10.1 Å². The molecule has 2 heterocycles. The predicted octanol–water partition coefficient (Wildman–Crippen LogP) is 5.82. The lowest BCUT2D eigenvalue weighted by atomic mass is 10.1. The zero-order chi connectivity index (χ0) is 22.7. The molecule has 4 rings (SSSR count). The average Bonchev–Trinajstić information content (AvgIpc) is 3.44. The molecule has 0 fully saturated rings. The van der Waals surface area contributed by atoms with Crippen LogP contribution in [0.2, 0.25) is 0 Å². The smallest absolute Gasteiger partial charge is 0.376 e. The van der Waals surface area contributed by atoms with Crippen molar-refractivity contribution in [3.8, 4) is 11.4 Å². The summed E-state index contributed by atoms with van der Waals surface area (Å²) >= 11 is 1.45. The highest BCUT2D eigenvalue weighted by Gasteiger charge is 2.34. The molecule has 32 heavy (non-hydrogen) atoms. The fourth-order valence-electron chi connectivity index (χ4n) is 2.82. The molecule has 4 aromatic rings. The number of carbonyl (C=O) groups excluding carboxylic acids is 1. The summed E-state index contributed by atoms with van der Waals surface area (Å²) in [6, 6.07) is 9.78. The first-order chi connectivity index (χ1) is 15.3. The van der Waals surface area contributed by atoms with E-state index in [2.05, 4.69) is 20.8 Å². The molecule has 1 amide bonds. The monoisotopic (exact) mass is 462 g/mol. The van der Waals surface area contributed by atoms with Gasteiger partial charge in [0, 0.05) is 27.9 Å². The Morgan fingerprint density at radius 1 is 1.09 bits per heavy atom. The Morgan fingerprint density at radius 3 is 2.56 bits per heavy atom. The number of thiophene rings is 1. The van der Waals surface area contributed by atoms with Crippen molar-refractivity contribution < 1.29 is 26.9 Å². The SMILES string of the molecule is O=C(Nc1ccc(NCc2nc(-c3ccsc3)no2)c(C(F)(F)F)c1)c1ccc(F)cc1. The molecule has 0 saturated heterocycles. The van der Waals surface area contributed by atoms with Crippen molar-refractivity contribution in [1.29, 1.82) is 0 Å². The number of amides is 1. The first-order valence-corrected chi connectivity index (χ1v) is 10.1. The number of anilines is 2. The molecular formula is C21H14F4N4O2S. The highest BCUT2D eigenvalue weighted by molar-refractivity contribution is 7.08. The highest BCUT2D eigenvalue weighted by Crippen LogP contribution is 2.37. The summed E-state index contributed by atoms with van der Waals surface area (Å²) in [5.74, 6) is -0.725. The van der Waals surface area contributed by atoms with E-state index in [1.807, 2.05) is 10.8 Å². The maximum absolute atomic E-state index is 13.6. The van der Waals surface area contributed by atoms with Crippen molar-refractivity contribution in [2.45, 2.75) is 12.7 Å². The summed E-state index contributed by atoms with van der Waals surface area (Å²) in [5.41, 5.74) is -0.392. The van der Waals surface area contributed by atoms with Gasteiger partial charge in [-0.1, -0.05) is 5.16 Å². The van der Waals surface area contributed by atoms with E-state index in [0.29, 0.717) is 5.82 Å². The fraction of sp³-hybridized carbons (Fsp3) is 0.0952. The number of alkyl halides is 3. The minimum atomic E-state index is -4.68. The third kappa shape index (κ3) is 4.94. The topological polar surface area (TPSA) is 80.0 Å². The number of nitrogens with one attached hydrogen (secondary N) is 2. The Labute approximate surface area is 182 Å². The van der Waals surface area contributed by atoms with E-state index in [9.17, 15) is 22.4 Å². The molecule has 0 aliphatic carbocycles. The second-order valence-electron chi connectivity index (χ2n) is 6.60. The van der Waals surface area contributed by atoms with E-state index in [1.165, 1.54) is 35.6 Å². The quantitative estimate of drug-likeness (QED) is 0.353. The van der Waals surface area contributed by atoms with Gasteiger partial charge < -0.3 is 15.2 Å². The molecule has 2 N–H and O–H groups in total. The molecule has 0 bridgehead atoms. The van der Waals surface area contributed by atoms with Crippen molar-refractivity contribution in [3.63, 3.8) is 0 Å². The van der Waals surface area contributed by atoms with Gasteiger partial charge >= 0.3 is 6.18 Å². The van der Waals surface area contributed by atoms with Crippen LogP contribution in [0.4, 0.5) is 28.9 Å². The number of rotatable bonds is 6. The number of aromatic nitrogens is 2. The van der Waals surface area contributed by atoms with Gasteiger partial charge in [-0.3, -0.25) is 4.79 Å². The van der Waals surface area contributed by atoms with Gasteiger partial charge in [0.15, 0.2) is 0 Å². The Balaban J connectivity index is 1.50. The lowest BCUT2D eigenvalue weighted by molar-refractivity contribution is -0.136. The molecule has 2 aromatic carbocycles. The van der Waals surface area contributed by atoms with Crippen LogP contribution < -0.4 is 10.6 Å². The molecule has 164 valence electrons. The first kappa shape index (κ1) is 21.5. The van der Waals surface area contributed by atoms with E-state index < -0.39 is 23.5 Å². The molecule has 11 heteroatoms. The molecule has 0 aliphatic heterocycles. The van der Waals surface area contributed by atoms with Gasteiger partial charge in [0.2, 0.25) is 11.7 Å². The van der Waals surface area contributed by atoms with E-state index in [4.69, 9.17) is 4.52 Å². The molecule has 0 spiro atoms. The number of carbonyl (C=O) groups is 1. The fourth-order valence-corrected chi connectivity index (χ4v) is 3.46. The third-order valence-electron chi connectivity index (χ3n) is 4.37. The summed E-state index contributed by atoms with van der Waals surface area (Å²) in [4.78, 5) is 16.4. The third-order valence-corrected chi connectivity index (χ3v) is 5.05.